The summed E-state index contributed by atoms with van der Waals surface area (Å²) in [5, 5.41) is 4.76. The molecule has 24 heavy (non-hydrogen) atoms. The maximum absolute atomic E-state index is 12.7. The Morgan fingerprint density at radius 2 is 2.00 bits per heavy atom. The zero-order valence-corrected chi connectivity index (χ0v) is 15.2. The van der Waals surface area contributed by atoms with Crippen LogP contribution >= 0.6 is 23.2 Å². The first kappa shape index (κ1) is 17.3. The number of rotatable bonds is 3. The molecule has 0 aliphatic heterocycles. The number of nitrogens with zero attached hydrogens (tertiary/aromatic N) is 1. The van der Waals surface area contributed by atoms with Crippen LogP contribution in [0.2, 0.25) is 10.0 Å². The summed E-state index contributed by atoms with van der Waals surface area (Å²) in [6.07, 6.45) is 3.51. The molecule has 0 radical (unpaired) electrons. The number of Topliss-reactive ketones (excluding diaryl/α,β-unsaturated/α-hetero) is 1. The maximum Gasteiger partial charge on any atom is 0.268 e. The smallest absolute Gasteiger partial charge is 0.268 e. The highest BCUT2D eigenvalue weighted by Crippen LogP contribution is 2.32. The van der Waals surface area contributed by atoms with Crippen molar-refractivity contribution in [3.05, 3.63) is 33.9 Å². The lowest BCUT2D eigenvalue weighted by Gasteiger charge is -2.28. The number of hydrogen-bond acceptors (Lipinski definition) is 2. The normalized spacial score (nSPS) is 21.0. The highest BCUT2D eigenvalue weighted by molar-refractivity contribution is 6.45. The summed E-state index contributed by atoms with van der Waals surface area (Å²) in [6.45, 7) is 1.63. The molecule has 1 aliphatic rings. The number of carbonyl (C=O) groups is 2. The van der Waals surface area contributed by atoms with Crippen molar-refractivity contribution in [1.82, 2.24) is 9.88 Å². The van der Waals surface area contributed by atoms with Crippen LogP contribution in [0.3, 0.4) is 0 Å². The first-order chi connectivity index (χ1) is 11.4. The first-order valence-corrected chi connectivity index (χ1v) is 8.88. The third kappa shape index (κ3) is 3.17. The van der Waals surface area contributed by atoms with Gasteiger partial charge in [-0.05, 0) is 44.4 Å². The minimum Gasteiger partial charge on any atom is -0.348 e. The minimum absolute atomic E-state index is 0.0391. The molecule has 0 bridgehead atoms. The van der Waals surface area contributed by atoms with Crippen molar-refractivity contribution in [1.29, 1.82) is 0 Å². The number of hydrogen-bond donors (Lipinski definition) is 1. The number of nitrogens with one attached hydrogen (secondary N) is 1. The van der Waals surface area contributed by atoms with Gasteiger partial charge in [-0.25, -0.2) is 0 Å². The first-order valence-electron chi connectivity index (χ1n) is 8.13. The zero-order chi connectivity index (χ0) is 17.4. The van der Waals surface area contributed by atoms with Gasteiger partial charge in [-0.1, -0.05) is 29.6 Å². The molecule has 1 amide bonds. The molecule has 1 N–H and O–H groups in total. The fourth-order valence-electron chi connectivity index (χ4n) is 3.52. The number of fused-ring (bicyclic) bond motifs is 1. The van der Waals surface area contributed by atoms with Crippen molar-refractivity contribution >= 4 is 45.8 Å². The van der Waals surface area contributed by atoms with E-state index in [1.54, 1.807) is 19.1 Å². The van der Waals surface area contributed by atoms with Crippen LogP contribution in [-0.4, -0.2) is 22.3 Å². The molecule has 2 unspecified atom stereocenters. The van der Waals surface area contributed by atoms with Gasteiger partial charge in [-0.2, -0.15) is 0 Å². The standard InChI is InChI=1S/C18H20Cl2N2O2/c1-10(23)11-4-3-5-12(8-11)21-18(24)16-9-13-15(22(16)2)7-6-14(19)17(13)20/h6-7,9,11-12H,3-5,8H2,1-2H3,(H,21,24). The van der Waals surface area contributed by atoms with Gasteiger partial charge in [0.15, 0.2) is 0 Å². The number of halogens is 2. The molecule has 1 aliphatic carbocycles. The van der Waals surface area contributed by atoms with Gasteiger partial charge in [0.25, 0.3) is 5.91 Å². The summed E-state index contributed by atoms with van der Waals surface area (Å²) in [5.74, 6) is 0.125. The van der Waals surface area contributed by atoms with Gasteiger partial charge in [-0.3, -0.25) is 9.59 Å². The zero-order valence-electron chi connectivity index (χ0n) is 13.7. The molecular weight excluding hydrogens is 347 g/mol. The lowest BCUT2D eigenvalue weighted by atomic mass is 9.83. The van der Waals surface area contributed by atoms with Crippen LogP contribution in [0.5, 0.6) is 0 Å². The molecule has 128 valence electrons. The Morgan fingerprint density at radius 1 is 1.25 bits per heavy atom. The second-order valence-corrected chi connectivity index (χ2v) is 7.31. The topological polar surface area (TPSA) is 51.1 Å². The van der Waals surface area contributed by atoms with Gasteiger partial charge in [0.1, 0.15) is 11.5 Å². The van der Waals surface area contributed by atoms with E-state index in [1.165, 1.54) is 0 Å². The molecule has 1 saturated carbocycles. The Labute approximate surface area is 151 Å². The Bertz CT molecular complexity index is 813. The number of carbonyl (C=O) groups excluding carboxylic acids is 2. The van der Waals surface area contributed by atoms with Gasteiger partial charge in [-0.15, -0.1) is 0 Å². The number of benzene rings is 1. The monoisotopic (exact) mass is 366 g/mol. The quantitative estimate of drug-likeness (QED) is 0.876. The molecule has 3 rings (SSSR count). The summed E-state index contributed by atoms with van der Waals surface area (Å²) in [7, 11) is 1.83. The maximum atomic E-state index is 12.7. The third-order valence-electron chi connectivity index (χ3n) is 4.93. The highest BCUT2D eigenvalue weighted by Gasteiger charge is 2.27. The van der Waals surface area contributed by atoms with E-state index in [0.717, 1.165) is 36.6 Å². The SMILES string of the molecule is CC(=O)C1CCCC(NC(=O)c2cc3c(Cl)c(Cl)ccc3n2C)C1. The van der Waals surface area contributed by atoms with Crippen LogP contribution in [0.15, 0.2) is 18.2 Å². The van der Waals surface area contributed by atoms with Gasteiger partial charge in [0.2, 0.25) is 0 Å². The lowest BCUT2D eigenvalue weighted by Crippen LogP contribution is -2.40. The molecule has 2 atom stereocenters. The average Bonchev–Trinajstić information content (AvgIpc) is 2.89. The van der Waals surface area contributed by atoms with Crippen molar-refractivity contribution in [2.75, 3.05) is 0 Å². The molecule has 1 aromatic carbocycles. The second-order valence-electron chi connectivity index (χ2n) is 6.53. The van der Waals surface area contributed by atoms with E-state index in [1.807, 2.05) is 17.7 Å². The number of aromatic nitrogens is 1. The lowest BCUT2D eigenvalue weighted by molar-refractivity contribution is -0.121. The van der Waals surface area contributed by atoms with Crippen LogP contribution in [-0.2, 0) is 11.8 Å². The van der Waals surface area contributed by atoms with Crippen molar-refractivity contribution in [2.24, 2.45) is 13.0 Å². The van der Waals surface area contributed by atoms with E-state index in [-0.39, 0.29) is 23.7 Å². The van der Waals surface area contributed by atoms with Crippen LogP contribution in [0.1, 0.15) is 43.1 Å². The molecule has 2 aromatic rings. The molecule has 1 heterocycles. The van der Waals surface area contributed by atoms with Gasteiger partial charge < -0.3 is 9.88 Å². The van der Waals surface area contributed by atoms with Crippen molar-refractivity contribution < 1.29 is 9.59 Å². The summed E-state index contributed by atoms with van der Waals surface area (Å²) < 4.78 is 1.82. The predicted molar refractivity (Wildman–Crippen MR) is 96.8 cm³/mol. The Morgan fingerprint density at radius 3 is 2.71 bits per heavy atom. The van der Waals surface area contributed by atoms with Gasteiger partial charge in [0, 0.05) is 29.9 Å². The van der Waals surface area contributed by atoms with E-state index in [0.29, 0.717) is 15.7 Å². The summed E-state index contributed by atoms with van der Waals surface area (Å²) in [4.78, 5) is 24.3. The summed E-state index contributed by atoms with van der Waals surface area (Å²) >= 11 is 12.3. The Balaban J connectivity index is 1.83. The highest BCUT2D eigenvalue weighted by atomic mass is 35.5. The van der Waals surface area contributed by atoms with Gasteiger partial charge in [0.05, 0.1) is 10.0 Å². The number of amides is 1. The average molecular weight is 367 g/mol. The van der Waals surface area contributed by atoms with E-state index >= 15 is 0 Å². The van der Waals surface area contributed by atoms with Crippen molar-refractivity contribution in [3.8, 4) is 0 Å². The van der Waals surface area contributed by atoms with Crippen LogP contribution < -0.4 is 5.32 Å². The van der Waals surface area contributed by atoms with E-state index in [2.05, 4.69) is 5.32 Å². The van der Waals surface area contributed by atoms with Crippen molar-refractivity contribution in [2.45, 2.75) is 38.6 Å². The summed E-state index contributed by atoms with van der Waals surface area (Å²) in [5.41, 5.74) is 1.40. The Kier molecular flexibility index (Phi) is 4.88. The van der Waals surface area contributed by atoms with E-state index in [9.17, 15) is 9.59 Å². The number of aryl methyl sites for hydroxylation is 1. The second kappa shape index (κ2) is 6.77. The largest absolute Gasteiger partial charge is 0.348 e. The fraction of sp³-hybridized carbons (Fsp3) is 0.444. The molecule has 1 fully saturated rings. The summed E-state index contributed by atoms with van der Waals surface area (Å²) in [6, 6.07) is 5.39. The van der Waals surface area contributed by atoms with Crippen LogP contribution in [0.4, 0.5) is 0 Å². The number of ketones is 1. The molecule has 0 saturated heterocycles. The van der Waals surface area contributed by atoms with E-state index < -0.39 is 0 Å². The minimum atomic E-state index is -0.143. The molecule has 0 spiro atoms. The Hall–Kier alpha value is -1.52. The molecular formula is C18H20Cl2N2O2. The van der Waals surface area contributed by atoms with Crippen LogP contribution in [0.25, 0.3) is 10.9 Å². The molecule has 6 heteroatoms. The van der Waals surface area contributed by atoms with E-state index in [4.69, 9.17) is 23.2 Å². The van der Waals surface area contributed by atoms with Gasteiger partial charge >= 0.3 is 0 Å². The predicted octanol–water partition coefficient (Wildman–Crippen LogP) is 4.36. The van der Waals surface area contributed by atoms with Crippen LogP contribution in [0, 0.1) is 5.92 Å². The molecule has 1 aromatic heterocycles. The van der Waals surface area contributed by atoms with Crippen molar-refractivity contribution in [3.63, 3.8) is 0 Å². The molecule has 4 nitrogen and oxygen atoms in total. The third-order valence-corrected chi connectivity index (χ3v) is 5.75. The fourth-order valence-corrected chi connectivity index (χ4v) is 3.90.